The number of hydrogen-bond donors (Lipinski definition) is 1. The number of hydrogen-bond acceptors (Lipinski definition) is 2. The molecule has 0 saturated carbocycles. The largest absolute Gasteiger partial charge is 0.507 e. The number of aliphatic hydroxyl groups excluding tert-OH is 1. The Bertz CT molecular complexity index is 200. The molecule has 0 aliphatic carbocycles. The van der Waals surface area contributed by atoms with Gasteiger partial charge in [-0.2, -0.15) is 0 Å². The molecule has 0 unspecified atom stereocenters. The number of rotatable bonds is 3. The van der Waals surface area contributed by atoms with E-state index in [1.165, 1.54) is 19.1 Å². The first-order valence-electron chi connectivity index (χ1n) is 4.82. The Morgan fingerprint density at radius 3 is 1.50 bits per heavy atom. The number of carbonyl (C=O) groups excluding carboxylic acids is 1. The zero-order chi connectivity index (χ0) is 12.1. The normalized spacial score (nSPS) is 9.21. The van der Waals surface area contributed by atoms with Crippen LogP contribution in [0.5, 0.6) is 0 Å². The third-order valence-electron chi connectivity index (χ3n) is 1.05. The molecule has 0 aliphatic rings. The van der Waals surface area contributed by atoms with Crippen molar-refractivity contribution in [2.75, 3.05) is 0 Å². The van der Waals surface area contributed by atoms with Crippen LogP contribution in [-0.4, -0.2) is 10.9 Å². The molecule has 0 radical (unpaired) electrons. The van der Waals surface area contributed by atoms with E-state index < -0.39 is 0 Å². The monoisotopic (exact) mass is 198 g/mol. The maximum absolute atomic E-state index is 10.6. The summed E-state index contributed by atoms with van der Waals surface area (Å²) in [4.78, 5) is 10.6. The molecule has 0 spiro atoms. The minimum atomic E-state index is -0.215. The molecule has 2 heteroatoms. The zero-order valence-electron chi connectivity index (χ0n) is 9.92. The number of Topliss-reactive ketones (excluding diaryl/α,β-unsaturated/α-hetero) is 1. The first-order valence-corrected chi connectivity index (χ1v) is 4.82. The van der Waals surface area contributed by atoms with Gasteiger partial charge in [-0.05, 0) is 13.0 Å². The Morgan fingerprint density at radius 1 is 1.07 bits per heavy atom. The lowest BCUT2D eigenvalue weighted by molar-refractivity contribution is -0.113. The summed E-state index contributed by atoms with van der Waals surface area (Å²) < 4.78 is 0. The van der Waals surface area contributed by atoms with Crippen LogP contribution in [0.15, 0.2) is 36.6 Å². The van der Waals surface area contributed by atoms with Gasteiger partial charge in [0, 0.05) is 0 Å². The van der Waals surface area contributed by atoms with Crippen molar-refractivity contribution in [2.45, 2.75) is 34.6 Å². The van der Waals surface area contributed by atoms with Gasteiger partial charge in [-0.15, -0.1) is 0 Å². The van der Waals surface area contributed by atoms with Crippen LogP contribution in [0.3, 0.4) is 0 Å². The maximum Gasteiger partial charge on any atom is 0.163 e. The smallest absolute Gasteiger partial charge is 0.163 e. The highest BCUT2D eigenvalue weighted by molar-refractivity contribution is 5.96. The predicted octanol–water partition coefficient (Wildman–Crippen LogP) is 3.81. The van der Waals surface area contributed by atoms with Crippen LogP contribution in [0.2, 0.25) is 0 Å². The molecule has 0 aromatic rings. The van der Waals surface area contributed by atoms with Crippen LogP contribution in [0.4, 0.5) is 0 Å². The van der Waals surface area contributed by atoms with Crippen LogP contribution in [0, 0.1) is 0 Å². The van der Waals surface area contributed by atoms with Crippen molar-refractivity contribution >= 4 is 5.78 Å². The van der Waals surface area contributed by atoms with Gasteiger partial charge in [0.15, 0.2) is 5.78 Å². The maximum atomic E-state index is 10.6. The number of carbonyl (C=O) groups is 1. The van der Waals surface area contributed by atoms with E-state index in [1.54, 1.807) is 0 Å². The Kier molecular flexibility index (Phi) is 18.8. The average molecular weight is 198 g/mol. The molecule has 0 rings (SSSR count). The van der Waals surface area contributed by atoms with Crippen molar-refractivity contribution in [3.05, 3.63) is 36.6 Å². The Hall–Kier alpha value is -1.31. The molecule has 0 aromatic carbocycles. The minimum Gasteiger partial charge on any atom is -0.507 e. The van der Waals surface area contributed by atoms with Gasteiger partial charge < -0.3 is 5.11 Å². The summed E-state index contributed by atoms with van der Waals surface area (Å²) >= 11 is 0. The number of ketones is 1. The molecule has 14 heavy (non-hydrogen) atoms. The third kappa shape index (κ3) is 8.78. The van der Waals surface area contributed by atoms with E-state index in [0.29, 0.717) is 0 Å². The van der Waals surface area contributed by atoms with E-state index in [4.69, 9.17) is 5.11 Å². The summed E-state index contributed by atoms with van der Waals surface area (Å²) in [7, 11) is 0. The van der Waals surface area contributed by atoms with Gasteiger partial charge in [0.25, 0.3) is 0 Å². The standard InChI is InChI=1S/C8H10O2.2C2H6/c1-4-7(6(3)9)8(10)5-2;2*1-2/h4-5,10H,1-2H2,3H3;2*1-2H3/b8-7-;;. The molecule has 82 valence electrons. The van der Waals surface area contributed by atoms with E-state index in [-0.39, 0.29) is 17.1 Å². The summed E-state index contributed by atoms with van der Waals surface area (Å²) in [6.07, 6.45) is 2.51. The van der Waals surface area contributed by atoms with Gasteiger partial charge in [0.1, 0.15) is 5.76 Å². The summed E-state index contributed by atoms with van der Waals surface area (Å²) in [6.45, 7) is 16.0. The molecule has 0 fully saturated rings. The van der Waals surface area contributed by atoms with Crippen molar-refractivity contribution in [3.8, 4) is 0 Å². The van der Waals surface area contributed by atoms with E-state index in [2.05, 4.69) is 13.2 Å². The highest BCUT2D eigenvalue weighted by atomic mass is 16.3. The van der Waals surface area contributed by atoms with Crippen molar-refractivity contribution < 1.29 is 9.90 Å². The van der Waals surface area contributed by atoms with Crippen LogP contribution in [-0.2, 0) is 4.79 Å². The van der Waals surface area contributed by atoms with Crippen LogP contribution in [0.25, 0.3) is 0 Å². The second-order valence-electron chi connectivity index (χ2n) is 1.76. The lowest BCUT2D eigenvalue weighted by Gasteiger charge is -1.95. The summed E-state index contributed by atoms with van der Waals surface area (Å²) in [6, 6.07) is 0. The lowest BCUT2D eigenvalue weighted by Crippen LogP contribution is -1.96. The van der Waals surface area contributed by atoms with Gasteiger partial charge >= 0.3 is 0 Å². The minimum absolute atomic E-state index is 0.123. The fourth-order valence-electron chi connectivity index (χ4n) is 0.539. The highest BCUT2D eigenvalue weighted by Crippen LogP contribution is 2.03. The molecule has 1 N–H and O–H groups in total. The van der Waals surface area contributed by atoms with E-state index in [1.807, 2.05) is 27.7 Å². The Morgan fingerprint density at radius 2 is 1.43 bits per heavy atom. The second kappa shape index (κ2) is 14.2. The molecule has 0 amide bonds. The highest BCUT2D eigenvalue weighted by Gasteiger charge is 2.02. The fraction of sp³-hybridized carbons (Fsp3) is 0.417. The van der Waals surface area contributed by atoms with Crippen molar-refractivity contribution in [1.29, 1.82) is 0 Å². The second-order valence-corrected chi connectivity index (χ2v) is 1.76. The molecule has 0 saturated heterocycles. The molecular weight excluding hydrogens is 176 g/mol. The molecule has 0 bridgehead atoms. The molecule has 0 aliphatic heterocycles. The van der Waals surface area contributed by atoms with Gasteiger partial charge in [0.2, 0.25) is 0 Å². The van der Waals surface area contributed by atoms with Crippen molar-refractivity contribution in [2.24, 2.45) is 0 Å². The van der Waals surface area contributed by atoms with Crippen molar-refractivity contribution in [3.63, 3.8) is 0 Å². The van der Waals surface area contributed by atoms with Gasteiger partial charge in [-0.3, -0.25) is 4.79 Å². The average Bonchev–Trinajstić information content (AvgIpc) is 2.24. The molecule has 0 atom stereocenters. The lowest BCUT2D eigenvalue weighted by atomic mass is 10.1. The molecule has 0 aromatic heterocycles. The topological polar surface area (TPSA) is 37.3 Å². The SMILES string of the molecule is C=C/C(O)=C(\C=C)C(C)=O.CC.CC. The fourth-order valence-corrected chi connectivity index (χ4v) is 0.539. The number of allylic oxidation sites excluding steroid dienone is 3. The molecule has 0 heterocycles. The Labute approximate surface area is 87.7 Å². The van der Waals surface area contributed by atoms with Crippen LogP contribution >= 0.6 is 0 Å². The zero-order valence-corrected chi connectivity index (χ0v) is 9.92. The van der Waals surface area contributed by atoms with Crippen LogP contribution in [0.1, 0.15) is 34.6 Å². The third-order valence-corrected chi connectivity index (χ3v) is 1.05. The van der Waals surface area contributed by atoms with Gasteiger partial charge in [-0.25, -0.2) is 0 Å². The number of aliphatic hydroxyl groups is 1. The Balaban J connectivity index is -0.000000266. The summed E-state index contributed by atoms with van der Waals surface area (Å²) in [5.74, 6) is -0.338. The summed E-state index contributed by atoms with van der Waals surface area (Å²) in [5, 5.41) is 8.96. The quantitative estimate of drug-likeness (QED) is 0.425. The van der Waals surface area contributed by atoms with Gasteiger partial charge in [0.05, 0.1) is 5.57 Å². The van der Waals surface area contributed by atoms with Gasteiger partial charge in [-0.1, -0.05) is 46.9 Å². The van der Waals surface area contributed by atoms with Crippen molar-refractivity contribution in [1.82, 2.24) is 0 Å². The molecule has 2 nitrogen and oxygen atoms in total. The first-order chi connectivity index (χ1) is 6.63. The van der Waals surface area contributed by atoms with E-state index >= 15 is 0 Å². The van der Waals surface area contributed by atoms with Crippen LogP contribution < -0.4 is 0 Å². The predicted molar refractivity (Wildman–Crippen MR) is 63.4 cm³/mol. The van der Waals surface area contributed by atoms with E-state index in [9.17, 15) is 4.79 Å². The molecular formula is C12H22O2. The summed E-state index contributed by atoms with van der Waals surface area (Å²) in [5.41, 5.74) is 0.204. The van der Waals surface area contributed by atoms with E-state index in [0.717, 1.165) is 0 Å². The first kappa shape index (κ1) is 18.5.